The van der Waals surface area contributed by atoms with Crippen molar-refractivity contribution in [3.05, 3.63) is 71.7 Å². The quantitative estimate of drug-likeness (QED) is 0.661. The zero-order valence-corrected chi connectivity index (χ0v) is 16.1. The van der Waals surface area contributed by atoms with Gasteiger partial charge in [-0.15, -0.1) is 0 Å². The van der Waals surface area contributed by atoms with E-state index in [0.29, 0.717) is 12.1 Å². The fourth-order valence-corrected chi connectivity index (χ4v) is 3.19. The number of halogens is 1. The van der Waals surface area contributed by atoms with Crippen molar-refractivity contribution in [2.24, 2.45) is 5.92 Å². The molecule has 1 amide bonds. The molecule has 0 aliphatic rings. The van der Waals surface area contributed by atoms with Gasteiger partial charge in [-0.05, 0) is 29.7 Å². The molecule has 0 fully saturated rings. The molecule has 6 heteroatoms. The molecule has 0 aliphatic heterocycles. The van der Waals surface area contributed by atoms with Crippen LogP contribution in [-0.2, 0) is 16.1 Å². The van der Waals surface area contributed by atoms with Gasteiger partial charge in [0.25, 0.3) is 5.91 Å². The summed E-state index contributed by atoms with van der Waals surface area (Å²) in [5.74, 6) is -1.20. The number of para-hydroxylation sites is 1. The topological polar surface area (TPSA) is 60.3 Å². The van der Waals surface area contributed by atoms with Crippen LogP contribution in [0, 0.1) is 11.7 Å². The van der Waals surface area contributed by atoms with E-state index in [1.807, 2.05) is 42.7 Å². The SMILES string of the molecule is COC(=O)C(NC(=O)c1cn(Cc2ccc(F)cc2)c2ccccc12)C(C)C. The maximum atomic E-state index is 13.2. The fraction of sp³-hybridized carbons (Fsp3) is 0.273. The molecular formula is C22H23FN2O3. The van der Waals surface area contributed by atoms with E-state index in [9.17, 15) is 14.0 Å². The number of aromatic nitrogens is 1. The minimum Gasteiger partial charge on any atom is -0.467 e. The van der Waals surface area contributed by atoms with Gasteiger partial charge >= 0.3 is 5.97 Å². The van der Waals surface area contributed by atoms with Crippen LogP contribution in [0.1, 0.15) is 29.8 Å². The number of fused-ring (bicyclic) bond motifs is 1. The van der Waals surface area contributed by atoms with Crippen molar-refractivity contribution < 1.29 is 18.7 Å². The van der Waals surface area contributed by atoms with Crippen molar-refractivity contribution in [1.82, 2.24) is 9.88 Å². The molecular weight excluding hydrogens is 359 g/mol. The molecule has 0 saturated carbocycles. The van der Waals surface area contributed by atoms with Gasteiger partial charge < -0.3 is 14.6 Å². The lowest BCUT2D eigenvalue weighted by Crippen LogP contribution is -2.45. The van der Waals surface area contributed by atoms with E-state index in [-0.39, 0.29) is 17.6 Å². The van der Waals surface area contributed by atoms with E-state index in [1.54, 1.807) is 18.3 Å². The maximum Gasteiger partial charge on any atom is 0.328 e. The van der Waals surface area contributed by atoms with Crippen molar-refractivity contribution in [2.45, 2.75) is 26.4 Å². The Kier molecular flexibility index (Phi) is 5.78. The highest BCUT2D eigenvalue weighted by Gasteiger charge is 2.26. The van der Waals surface area contributed by atoms with Gasteiger partial charge in [-0.25, -0.2) is 9.18 Å². The summed E-state index contributed by atoms with van der Waals surface area (Å²) in [7, 11) is 1.30. The average Bonchev–Trinajstić information content (AvgIpc) is 3.05. The number of amides is 1. The Morgan fingerprint density at radius 2 is 1.79 bits per heavy atom. The minimum absolute atomic E-state index is 0.107. The third-order valence-electron chi connectivity index (χ3n) is 4.71. The van der Waals surface area contributed by atoms with Crippen molar-refractivity contribution >= 4 is 22.8 Å². The molecule has 0 spiro atoms. The highest BCUT2D eigenvalue weighted by atomic mass is 19.1. The lowest BCUT2D eigenvalue weighted by Gasteiger charge is -2.19. The number of benzene rings is 2. The Balaban J connectivity index is 1.94. The Morgan fingerprint density at radius 1 is 1.11 bits per heavy atom. The average molecular weight is 382 g/mol. The predicted molar refractivity (Wildman–Crippen MR) is 106 cm³/mol. The van der Waals surface area contributed by atoms with Gasteiger partial charge in [-0.2, -0.15) is 0 Å². The molecule has 1 heterocycles. The van der Waals surface area contributed by atoms with Gasteiger partial charge in [0.05, 0.1) is 12.7 Å². The molecule has 1 N–H and O–H groups in total. The predicted octanol–water partition coefficient (Wildman–Crippen LogP) is 3.76. The summed E-state index contributed by atoms with van der Waals surface area (Å²) in [6.07, 6.45) is 1.76. The van der Waals surface area contributed by atoms with E-state index in [2.05, 4.69) is 5.32 Å². The lowest BCUT2D eigenvalue weighted by molar-refractivity contribution is -0.144. The van der Waals surface area contributed by atoms with Crippen LogP contribution in [0.3, 0.4) is 0 Å². The molecule has 0 aliphatic carbocycles. The smallest absolute Gasteiger partial charge is 0.328 e. The normalized spacial score (nSPS) is 12.2. The summed E-state index contributed by atoms with van der Waals surface area (Å²) >= 11 is 0. The number of ether oxygens (including phenoxy) is 1. The number of nitrogens with one attached hydrogen (secondary N) is 1. The van der Waals surface area contributed by atoms with Crippen LogP contribution in [0.5, 0.6) is 0 Å². The zero-order valence-electron chi connectivity index (χ0n) is 16.1. The molecule has 28 heavy (non-hydrogen) atoms. The first-order valence-corrected chi connectivity index (χ1v) is 9.11. The van der Waals surface area contributed by atoms with Gasteiger partial charge in [0.15, 0.2) is 0 Å². The number of nitrogens with zero attached hydrogens (tertiary/aromatic N) is 1. The Bertz CT molecular complexity index is 993. The number of methoxy groups -OCH3 is 1. The van der Waals surface area contributed by atoms with Gasteiger partial charge in [0.2, 0.25) is 0 Å². The van der Waals surface area contributed by atoms with Gasteiger partial charge in [0.1, 0.15) is 11.9 Å². The summed E-state index contributed by atoms with van der Waals surface area (Å²) < 4.78 is 19.9. The summed E-state index contributed by atoms with van der Waals surface area (Å²) in [6.45, 7) is 4.19. The highest BCUT2D eigenvalue weighted by molar-refractivity contribution is 6.08. The molecule has 1 unspecified atom stereocenters. The molecule has 2 aromatic carbocycles. The first-order valence-electron chi connectivity index (χ1n) is 9.11. The van der Waals surface area contributed by atoms with Crippen molar-refractivity contribution in [3.8, 4) is 0 Å². The van der Waals surface area contributed by atoms with Crippen LogP contribution in [0.25, 0.3) is 10.9 Å². The van der Waals surface area contributed by atoms with Crippen LogP contribution in [0.4, 0.5) is 4.39 Å². The molecule has 146 valence electrons. The van der Waals surface area contributed by atoms with Crippen LogP contribution >= 0.6 is 0 Å². The van der Waals surface area contributed by atoms with E-state index >= 15 is 0 Å². The molecule has 1 aromatic heterocycles. The van der Waals surface area contributed by atoms with Crippen molar-refractivity contribution in [3.63, 3.8) is 0 Å². The van der Waals surface area contributed by atoms with Gasteiger partial charge in [-0.1, -0.05) is 44.2 Å². The Morgan fingerprint density at radius 3 is 2.43 bits per heavy atom. The number of carbonyl (C=O) groups excluding carboxylic acids is 2. The fourth-order valence-electron chi connectivity index (χ4n) is 3.19. The minimum atomic E-state index is -0.725. The third-order valence-corrected chi connectivity index (χ3v) is 4.71. The summed E-state index contributed by atoms with van der Waals surface area (Å²) in [5, 5.41) is 3.57. The second-order valence-corrected chi connectivity index (χ2v) is 7.03. The first kappa shape index (κ1) is 19.6. The Hall–Kier alpha value is -3.15. The largest absolute Gasteiger partial charge is 0.467 e. The van der Waals surface area contributed by atoms with E-state index < -0.39 is 12.0 Å². The Labute approximate surface area is 163 Å². The van der Waals surface area contributed by atoms with Crippen molar-refractivity contribution in [1.29, 1.82) is 0 Å². The standard InChI is InChI=1S/C22H23FN2O3/c1-14(2)20(22(27)28-3)24-21(26)18-13-25(19-7-5-4-6-17(18)19)12-15-8-10-16(23)11-9-15/h4-11,13-14,20H,12H2,1-3H3,(H,24,26). The van der Waals surface area contributed by atoms with Crippen LogP contribution in [-0.4, -0.2) is 29.6 Å². The zero-order chi connectivity index (χ0) is 20.3. The third kappa shape index (κ3) is 4.06. The molecule has 0 radical (unpaired) electrons. The van der Waals surface area contributed by atoms with Crippen LogP contribution < -0.4 is 5.32 Å². The van der Waals surface area contributed by atoms with E-state index in [4.69, 9.17) is 4.74 Å². The lowest BCUT2D eigenvalue weighted by atomic mass is 10.0. The molecule has 0 bridgehead atoms. The summed E-state index contributed by atoms with van der Waals surface area (Å²) in [6, 6.07) is 13.1. The molecule has 3 rings (SSSR count). The van der Waals surface area contributed by atoms with Gasteiger partial charge in [0, 0.05) is 23.6 Å². The summed E-state index contributed by atoms with van der Waals surface area (Å²) in [5.41, 5.74) is 2.28. The number of carbonyl (C=O) groups is 2. The van der Waals surface area contributed by atoms with Crippen LogP contribution in [0.2, 0.25) is 0 Å². The molecule has 5 nitrogen and oxygen atoms in total. The molecule has 0 saturated heterocycles. The number of rotatable bonds is 6. The number of esters is 1. The van der Waals surface area contributed by atoms with Crippen LogP contribution in [0.15, 0.2) is 54.7 Å². The highest BCUT2D eigenvalue weighted by Crippen LogP contribution is 2.23. The number of hydrogen-bond donors (Lipinski definition) is 1. The maximum absolute atomic E-state index is 13.2. The second-order valence-electron chi connectivity index (χ2n) is 7.03. The van der Waals surface area contributed by atoms with Gasteiger partial charge in [-0.3, -0.25) is 4.79 Å². The summed E-state index contributed by atoms with van der Waals surface area (Å²) in [4.78, 5) is 24.9. The first-order chi connectivity index (χ1) is 13.4. The number of hydrogen-bond acceptors (Lipinski definition) is 3. The monoisotopic (exact) mass is 382 g/mol. The van der Waals surface area contributed by atoms with E-state index in [1.165, 1.54) is 19.2 Å². The molecule has 1 atom stereocenters. The molecule has 3 aromatic rings. The van der Waals surface area contributed by atoms with Crippen molar-refractivity contribution in [2.75, 3.05) is 7.11 Å². The second kappa shape index (κ2) is 8.25. The van der Waals surface area contributed by atoms with E-state index in [0.717, 1.165) is 16.5 Å².